The third-order valence-electron chi connectivity index (χ3n) is 5.83. The number of nitrogens with one attached hydrogen (secondary N) is 2. The van der Waals surface area contributed by atoms with E-state index < -0.39 is 0 Å². The number of ether oxygens (including phenoxy) is 1. The van der Waals surface area contributed by atoms with Gasteiger partial charge in [-0.25, -0.2) is 0 Å². The minimum absolute atomic E-state index is 0.0453. The monoisotopic (exact) mass is 457 g/mol. The van der Waals surface area contributed by atoms with Crippen molar-refractivity contribution in [2.45, 2.75) is 25.7 Å². The molecule has 176 valence electrons. The Balaban J connectivity index is 1.26. The van der Waals surface area contributed by atoms with E-state index in [2.05, 4.69) is 22.8 Å². The smallest absolute Gasteiger partial charge is 0.253 e. The first-order valence-corrected chi connectivity index (χ1v) is 11.9. The topological polar surface area (TPSA) is 70.7 Å². The molecule has 1 heterocycles. The van der Waals surface area contributed by atoms with Crippen molar-refractivity contribution in [3.05, 3.63) is 90.0 Å². The van der Waals surface area contributed by atoms with Crippen LogP contribution in [0.2, 0.25) is 0 Å². The molecule has 1 saturated heterocycles. The number of hydrogen-bond donors (Lipinski definition) is 2. The van der Waals surface area contributed by atoms with Gasteiger partial charge < -0.3 is 20.3 Å². The van der Waals surface area contributed by atoms with E-state index in [1.54, 1.807) is 6.07 Å². The predicted molar refractivity (Wildman–Crippen MR) is 135 cm³/mol. The van der Waals surface area contributed by atoms with Crippen molar-refractivity contribution in [1.82, 2.24) is 4.90 Å². The molecule has 6 nitrogen and oxygen atoms in total. The van der Waals surface area contributed by atoms with Gasteiger partial charge in [-0.3, -0.25) is 9.59 Å². The molecule has 1 aliphatic rings. The van der Waals surface area contributed by atoms with Crippen molar-refractivity contribution < 1.29 is 14.3 Å². The Morgan fingerprint density at radius 1 is 0.882 bits per heavy atom. The second-order valence-electron chi connectivity index (χ2n) is 8.42. The minimum atomic E-state index is -0.184. The Hall–Kier alpha value is -3.80. The average molecular weight is 458 g/mol. The number of para-hydroxylation sites is 2. The molecule has 2 N–H and O–H groups in total. The second-order valence-corrected chi connectivity index (χ2v) is 8.42. The van der Waals surface area contributed by atoms with Gasteiger partial charge in [0.05, 0.1) is 18.8 Å². The molecule has 1 aliphatic heterocycles. The molecule has 0 radical (unpaired) electrons. The van der Waals surface area contributed by atoms with Gasteiger partial charge in [0.25, 0.3) is 5.91 Å². The molecule has 0 atom stereocenters. The first-order chi connectivity index (χ1) is 16.7. The summed E-state index contributed by atoms with van der Waals surface area (Å²) in [6.45, 7) is 2.28. The number of benzene rings is 3. The lowest BCUT2D eigenvalue weighted by Crippen LogP contribution is -2.27. The van der Waals surface area contributed by atoms with Crippen LogP contribution < -0.4 is 15.4 Å². The number of anilines is 2. The van der Waals surface area contributed by atoms with Crippen LogP contribution >= 0.6 is 0 Å². The third kappa shape index (κ3) is 6.61. The van der Waals surface area contributed by atoms with Crippen molar-refractivity contribution >= 4 is 23.2 Å². The molecule has 3 aromatic carbocycles. The lowest BCUT2D eigenvalue weighted by Gasteiger charge is -2.16. The van der Waals surface area contributed by atoms with Crippen molar-refractivity contribution in [2.75, 3.05) is 36.9 Å². The number of aryl methyl sites for hydroxylation is 1. The summed E-state index contributed by atoms with van der Waals surface area (Å²) in [4.78, 5) is 27.1. The Bertz CT molecular complexity index is 1090. The van der Waals surface area contributed by atoms with E-state index >= 15 is 0 Å². The van der Waals surface area contributed by atoms with E-state index in [1.807, 2.05) is 65.6 Å². The zero-order chi connectivity index (χ0) is 23.6. The zero-order valence-corrected chi connectivity index (χ0v) is 19.3. The van der Waals surface area contributed by atoms with Crippen LogP contribution in [-0.2, 0) is 11.2 Å². The number of carbonyl (C=O) groups excluding carboxylic acids is 2. The normalized spacial score (nSPS) is 12.9. The van der Waals surface area contributed by atoms with E-state index in [1.165, 1.54) is 5.56 Å². The molecule has 2 amide bonds. The van der Waals surface area contributed by atoms with E-state index in [0.29, 0.717) is 23.6 Å². The highest BCUT2D eigenvalue weighted by Crippen LogP contribution is 2.24. The van der Waals surface area contributed by atoms with E-state index in [4.69, 9.17) is 4.74 Å². The highest BCUT2D eigenvalue weighted by atomic mass is 16.5. The molecule has 0 bridgehead atoms. The molecule has 0 spiro atoms. The fourth-order valence-electron chi connectivity index (χ4n) is 4.04. The quantitative estimate of drug-likeness (QED) is 0.421. The lowest BCUT2D eigenvalue weighted by molar-refractivity contribution is -0.114. The molecular formula is C28H31N3O3. The molecule has 34 heavy (non-hydrogen) atoms. The summed E-state index contributed by atoms with van der Waals surface area (Å²) in [5.74, 6) is 0.516. The predicted octanol–water partition coefficient (Wildman–Crippen LogP) is 4.98. The lowest BCUT2D eigenvalue weighted by atomic mass is 10.1. The third-order valence-corrected chi connectivity index (χ3v) is 5.83. The number of hydrogen-bond acceptors (Lipinski definition) is 4. The largest absolute Gasteiger partial charge is 0.491 e. The van der Waals surface area contributed by atoms with Crippen LogP contribution in [0.1, 0.15) is 35.2 Å². The zero-order valence-electron chi connectivity index (χ0n) is 19.3. The molecule has 0 saturated carbocycles. The van der Waals surface area contributed by atoms with Crippen molar-refractivity contribution in [3.8, 4) is 5.75 Å². The first-order valence-electron chi connectivity index (χ1n) is 11.9. The van der Waals surface area contributed by atoms with Gasteiger partial charge >= 0.3 is 0 Å². The van der Waals surface area contributed by atoms with Crippen molar-refractivity contribution in [2.24, 2.45) is 0 Å². The molecule has 0 unspecified atom stereocenters. The number of nitrogens with zero attached hydrogens (tertiary/aromatic N) is 1. The van der Waals surface area contributed by atoms with Crippen LogP contribution in [0.5, 0.6) is 5.75 Å². The number of carbonyl (C=O) groups is 2. The Morgan fingerprint density at radius 2 is 1.65 bits per heavy atom. The maximum Gasteiger partial charge on any atom is 0.253 e. The van der Waals surface area contributed by atoms with Crippen molar-refractivity contribution in [3.63, 3.8) is 0 Å². The van der Waals surface area contributed by atoms with Gasteiger partial charge in [-0.15, -0.1) is 0 Å². The first kappa shape index (κ1) is 23.4. The van der Waals surface area contributed by atoms with Gasteiger partial charge in [0.2, 0.25) is 5.91 Å². The van der Waals surface area contributed by atoms with Gasteiger partial charge in [-0.2, -0.15) is 0 Å². The van der Waals surface area contributed by atoms with Gasteiger partial charge in [0, 0.05) is 24.3 Å². The molecule has 4 rings (SSSR count). The summed E-state index contributed by atoms with van der Waals surface area (Å²) in [6, 6.07) is 25.1. The molecule has 6 heteroatoms. The fourth-order valence-corrected chi connectivity index (χ4v) is 4.04. The molecular weight excluding hydrogens is 426 g/mol. The Labute approximate surface area is 200 Å². The summed E-state index contributed by atoms with van der Waals surface area (Å²) in [5.41, 5.74) is 3.31. The summed E-state index contributed by atoms with van der Waals surface area (Å²) in [7, 11) is 0. The van der Waals surface area contributed by atoms with Gasteiger partial charge in [0.15, 0.2) is 0 Å². The number of likely N-dealkylation sites (tertiary alicyclic amines) is 1. The van der Waals surface area contributed by atoms with Crippen LogP contribution in [0.4, 0.5) is 11.4 Å². The highest BCUT2D eigenvalue weighted by Gasteiger charge is 2.19. The summed E-state index contributed by atoms with van der Waals surface area (Å²) in [6.07, 6.45) is 3.95. The van der Waals surface area contributed by atoms with Crippen LogP contribution in [0.15, 0.2) is 78.9 Å². The average Bonchev–Trinajstić information content (AvgIpc) is 3.42. The molecule has 0 aromatic heterocycles. The van der Waals surface area contributed by atoms with Crippen LogP contribution in [0.25, 0.3) is 0 Å². The minimum Gasteiger partial charge on any atom is -0.491 e. The Morgan fingerprint density at radius 3 is 2.47 bits per heavy atom. The summed E-state index contributed by atoms with van der Waals surface area (Å²) in [5, 5.41) is 6.04. The van der Waals surface area contributed by atoms with Crippen molar-refractivity contribution in [1.29, 1.82) is 0 Å². The van der Waals surface area contributed by atoms with Gasteiger partial charge in [0.1, 0.15) is 5.75 Å². The van der Waals surface area contributed by atoms with Crippen LogP contribution in [0, 0.1) is 0 Å². The van der Waals surface area contributed by atoms with Crippen LogP contribution in [0.3, 0.4) is 0 Å². The fraction of sp³-hybridized carbons (Fsp3) is 0.286. The number of amides is 2. The van der Waals surface area contributed by atoms with E-state index in [0.717, 1.165) is 44.5 Å². The van der Waals surface area contributed by atoms with Gasteiger partial charge in [-0.1, -0.05) is 48.5 Å². The molecule has 0 aliphatic carbocycles. The van der Waals surface area contributed by atoms with Crippen LogP contribution in [-0.4, -0.2) is 43.0 Å². The second kappa shape index (κ2) is 11.9. The maximum absolute atomic E-state index is 12.6. The molecule has 1 fully saturated rings. The molecule has 3 aromatic rings. The van der Waals surface area contributed by atoms with E-state index in [-0.39, 0.29) is 18.4 Å². The summed E-state index contributed by atoms with van der Waals surface area (Å²) >= 11 is 0. The maximum atomic E-state index is 12.6. The van der Waals surface area contributed by atoms with Gasteiger partial charge in [-0.05, 0) is 61.6 Å². The standard InChI is InChI=1S/C28H31N3O3/c32-27(21-29-24-14-8-13-23(20-24)28(33)31-17-6-7-18-31)30-25-15-4-5-16-26(25)34-19-9-12-22-10-2-1-3-11-22/h1-5,8,10-11,13-16,20,29H,6-7,9,12,17-19,21H2,(H,30,32). The number of rotatable bonds is 10. The Kier molecular flexibility index (Phi) is 8.17. The highest BCUT2D eigenvalue weighted by molar-refractivity contribution is 5.96. The van der Waals surface area contributed by atoms with E-state index in [9.17, 15) is 9.59 Å². The SMILES string of the molecule is O=C(CNc1cccc(C(=O)N2CCCC2)c1)Nc1ccccc1OCCCc1ccccc1. The summed E-state index contributed by atoms with van der Waals surface area (Å²) < 4.78 is 5.94.